The van der Waals surface area contributed by atoms with Crippen LogP contribution in [0, 0.1) is 0 Å². The number of para-hydroxylation sites is 2. The smallest absolute Gasteiger partial charge is 0.317 e. The standard InChI is InChI=1S/C22H25N5O3/c1-30-20-5-3-2-4-19(20)26-10-12-27(13-11-26)22(29)24-15-21(28)25-17-7-6-16-8-9-23-18(16)14-17/h2-9,14,23H,10-13,15H2,1H3,(H,24,29)(H,25,28). The van der Waals surface area contributed by atoms with Crippen LogP contribution in [-0.4, -0.2) is 61.7 Å². The number of aromatic nitrogens is 1. The zero-order valence-corrected chi connectivity index (χ0v) is 16.9. The van der Waals surface area contributed by atoms with Crippen molar-refractivity contribution >= 4 is 34.2 Å². The number of aromatic amines is 1. The van der Waals surface area contributed by atoms with E-state index in [0.29, 0.717) is 31.9 Å². The molecule has 0 spiro atoms. The van der Waals surface area contributed by atoms with Crippen molar-refractivity contribution in [1.29, 1.82) is 0 Å². The highest BCUT2D eigenvalue weighted by molar-refractivity contribution is 5.96. The lowest BCUT2D eigenvalue weighted by Gasteiger charge is -2.36. The van der Waals surface area contributed by atoms with Gasteiger partial charge in [0.2, 0.25) is 5.91 Å². The fourth-order valence-electron chi connectivity index (χ4n) is 3.64. The second kappa shape index (κ2) is 8.77. The largest absolute Gasteiger partial charge is 0.495 e. The summed E-state index contributed by atoms with van der Waals surface area (Å²) in [4.78, 5) is 31.7. The monoisotopic (exact) mass is 407 g/mol. The second-order valence-electron chi connectivity index (χ2n) is 7.13. The SMILES string of the molecule is COc1ccccc1N1CCN(C(=O)NCC(=O)Nc2ccc3cc[nH]c3c2)CC1. The van der Waals surface area contributed by atoms with Crippen LogP contribution in [0.4, 0.5) is 16.2 Å². The minimum absolute atomic E-state index is 0.0751. The molecule has 3 N–H and O–H groups in total. The summed E-state index contributed by atoms with van der Waals surface area (Å²) in [6.45, 7) is 2.49. The van der Waals surface area contributed by atoms with Gasteiger partial charge < -0.3 is 30.2 Å². The van der Waals surface area contributed by atoms with Gasteiger partial charge in [-0.2, -0.15) is 0 Å². The molecule has 8 nitrogen and oxygen atoms in total. The molecule has 8 heteroatoms. The highest BCUT2D eigenvalue weighted by atomic mass is 16.5. The number of nitrogens with zero attached hydrogens (tertiary/aromatic N) is 2. The topological polar surface area (TPSA) is 89.7 Å². The summed E-state index contributed by atoms with van der Waals surface area (Å²) in [7, 11) is 1.66. The Bertz CT molecular complexity index is 1040. The number of methoxy groups -OCH3 is 1. The molecule has 1 fully saturated rings. The number of anilines is 2. The average molecular weight is 407 g/mol. The van der Waals surface area contributed by atoms with Crippen LogP contribution in [0.2, 0.25) is 0 Å². The first-order valence-electron chi connectivity index (χ1n) is 9.92. The molecule has 4 rings (SSSR count). The van der Waals surface area contributed by atoms with Crippen molar-refractivity contribution < 1.29 is 14.3 Å². The van der Waals surface area contributed by atoms with Gasteiger partial charge in [0.15, 0.2) is 0 Å². The first-order valence-corrected chi connectivity index (χ1v) is 9.92. The van der Waals surface area contributed by atoms with E-state index in [4.69, 9.17) is 4.74 Å². The maximum atomic E-state index is 12.4. The number of hydrogen-bond acceptors (Lipinski definition) is 4. The van der Waals surface area contributed by atoms with Crippen molar-refractivity contribution in [2.24, 2.45) is 0 Å². The number of ether oxygens (including phenoxy) is 1. The summed E-state index contributed by atoms with van der Waals surface area (Å²) in [6.07, 6.45) is 1.85. The lowest BCUT2D eigenvalue weighted by Crippen LogP contribution is -2.52. The first kappa shape index (κ1) is 19.6. The third kappa shape index (κ3) is 4.32. The number of fused-ring (bicyclic) bond motifs is 1. The highest BCUT2D eigenvalue weighted by Crippen LogP contribution is 2.28. The third-order valence-electron chi connectivity index (χ3n) is 5.23. The van der Waals surface area contributed by atoms with E-state index in [-0.39, 0.29) is 18.5 Å². The van der Waals surface area contributed by atoms with Gasteiger partial charge in [0.25, 0.3) is 0 Å². The fourth-order valence-corrected chi connectivity index (χ4v) is 3.64. The number of nitrogens with one attached hydrogen (secondary N) is 3. The Morgan fingerprint density at radius 1 is 1.07 bits per heavy atom. The molecule has 1 aromatic heterocycles. The molecular weight excluding hydrogens is 382 g/mol. The van der Waals surface area contributed by atoms with E-state index in [0.717, 1.165) is 22.3 Å². The van der Waals surface area contributed by atoms with Gasteiger partial charge in [-0.3, -0.25) is 4.79 Å². The van der Waals surface area contributed by atoms with E-state index in [1.807, 2.05) is 54.7 Å². The molecule has 0 radical (unpaired) electrons. The van der Waals surface area contributed by atoms with E-state index >= 15 is 0 Å². The number of urea groups is 1. The van der Waals surface area contributed by atoms with Crippen molar-refractivity contribution in [2.75, 3.05) is 50.1 Å². The van der Waals surface area contributed by atoms with Crippen molar-refractivity contribution in [3.05, 3.63) is 54.7 Å². The zero-order valence-electron chi connectivity index (χ0n) is 16.9. The Hall–Kier alpha value is -3.68. The number of H-pyrrole nitrogens is 1. The van der Waals surface area contributed by atoms with Crippen LogP contribution in [0.15, 0.2) is 54.7 Å². The maximum Gasteiger partial charge on any atom is 0.317 e. The summed E-state index contributed by atoms with van der Waals surface area (Å²) in [5.41, 5.74) is 2.66. The molecule has 0 aliphatic carbocycles. The number of benzene rings is 2. The normalized spacial score (nSPS) is 13.9. The molecule has 2 heterocycles. The van der Waals surface area contributed by atoms with Crippen LogP contribution in [0.3, 0.4) is 0 Å². The Balaban J connectivity index is 1.25. The number of carbonyl (C=O) groups is 2. The van der Waals surface area contributed by atoms with Crippen LogP contribution in [0.1, 0.15) is 0 Å². The Kier molecular flexibility index (Phi) is 5.74. The molecule has 3 aromatic rings. The number of hydrogen-bond donors (Lipinski definition) is 3. The molecule has 30 heavy (non-hydrogen) atoms. The van der Waals surface area contributed by atoms with Crippen LogP contribution in [0.25, 0.3) is 10.9 Å². The van der Waals surface area contributed by atoms with E-state index in [1.165, 1.54) is 0 Å². The molecule has 1 aliphatic heterocycles. The second-order valence-corrected chi connectivity index (χ2v) is 7.13. The van der Waals surface area contributed by atoms with Crippen LogP contribution < -0.4 is 20.3 Å². The van der Waals surface area contributed by atoms with Crippen molar-refractivity contribution in [1.82, 2.24) is 15.2 Å². The van der Waals surface area contributed by atoms with E-state index in [2.05, 4.69) is 20.5 Å². The molecule has 0 atom stereocenters. The maximum absolute atomic E-state index is 12.4. The molecule has 3 amide bonds. The number of carbonyl (C=O) groups excluding carboxylic acids is 2. The van der Waals surface area contributed by atoms with Gasteiger partial charge in [0, 0.05) is 43.6 Å². The average Bonchev–Trinajstić information content (AvgIpc) is 3.25. The Morgan fingerprint density at radius 2 is 1.87 bits per heavy atom. The van der Waals surface area contributed by atoms with Gasteiger partial charge in [-0.05, 0) is 35.7 Å². The fraction of sp³-hybridized carbons (Fsp3) is 0.273. The molecule has 0 unspecified atom stereocenters. The van der Waals surface area contributed by atoms with Crippen molar-refractivity contribution in [3.63, 3.8) is 0 Å². The van der Waals surface area contributed by atoms with E-state index in [9.17, 15) is 9.59 Å². The van der Waals surface area contributed by atoms with Gasteiger partial charge >= 0.3 is 6.03 Å². The van der Waals surface area contributed by atoms with Crippen LogP contribution >= 0.6 is 0 Å². The van der Waals surface area contributed by atoms with Gasteiger partial charge in [-0.25, -0.2) is 4.79 Å². The summed E-state index contributed by atoms with van der Waals surface area (Å²) in [5, 5.41) is 6.59. The Labute approximate surface area is 174 Å². The zero-order chi connectivity index (χ0) is 20.9. The molecular formula is C22H25N5O3. The number of rotatable bonds is 5. The summed E-state index contributed by atoms with van der Waals surface area (Å²) < 4.78 is 5.42. The van der Waals surface area contributed by atoms with Gasteiger partial charge in [0.1, 0.15) is 5.75 Å². The lowest BCUT2D eigenvalue weighted by atomic mass is 10.2. The van der Waals surface area contributed by atoms with Crippen LogP contribution in [0.5, 0.6) is 5.75 Å². The number of piperazine rings is 1. The lowest BCUT2D eigenvalue weighted by molar-refractivity contribution is -0.115. The Morgan fingerprint density at radius 3 is 2.67 bits per heavy atom. The van der Waals surface area contributed by atoms with Gasteiger partial charge in [0.05, 0.1) is 19.3 Å². The summed E-state index contributed by atoms with van der Waals surface area (Å²) in [5.74, 6) is 0.562. The predicted octanol–water partition coefficient (Wildman–Crippen LogP) is 2.65. The summed E-state index contributed by atoms with van der Waals surface area (Å²) in [6, 6.07) is 15.2. The van der Waals surface area contributed by atoms with E-state index < -0.39 is 0 Å². The van der Waals surface area contributed by atoms with Gasteiger partial charge in [-0.1, -0.05) is 18.2 Å². The quantitative estimate of drug-likeness (QED) is 0.607. The third-order valence-corrected chi connectivity index (χ3v) is 5.23. The molecule has 1 saturated heterocycles. The predicted molar refractivity (Wildman–Crippen MR) is 117 cm³/mol. The minimum atomic E-state index is -0.262. The first-order chi connectivity index (χ1) is 14.6. The number of amides is 3. The minimum Gasteiger partial charge on any atom is -0.495 e. The van der Waals surface area contributed by atoms with Gasteiger partial charge in [-0.15, -0.1) is 0 Å². The van der Waals surface area contributed by atoms with Crippen LogP contribution in [-0.2, 0) is 4.79 Å². The summed E-state index contributed by atoms with van der Waals surface area (Å²) >= 11 is 0. The van der Waals surface area contributed by atoms with Crippen molar-refractivity contribution in [2.45, 2.75) is 0 Å². The molecule has 0 bridgehead atoms. The molecule has 156 valence electrons. The molecule has 0 saturated carbocycles. The van der Waals surface area contributed by atoms with Crippen molar-refractivity contribution in [3.8, 4) is 5.75 Å². The molecule has 1 aliphatic rings. The van der Waals surface area contributed by atoms with E-state index in [1.54, 1.807) is 12.0 Å². The molecule has 2 aromatic carbocycles. The highest BCUT2D eigenvalue weighted by Gasteiger charge is 2.23.